The van der Waals surface area contributed by atoms with Crippen molar-refractivity contribution in [2.24, 2.45) is 0 Å². The Bertz CT molecular complexity index is 3460. The van der Waals surface area contributed by atoms with Crippen LogP contribution in [0.25, 0.3) is 116 Å². The topological polar surface area (TPSA) is 56.7 Å². The first-order valence-electron chi connectivity index (χ1n) is 18.8. The van der Waals surface area contributed by atoms with E-state index in [9.17, 15) is 0 Å². The molecule has 0 unspecified atom stereocenters. The zero-order valence-corrected chi connectivity index (χ0v) is 30.0. The van der Waals surface area contributed by atoms with Crippen molar-refractivity contribution in [1.29, 1.82) is 0 Å². The lowest BCUT2D eigenvalue weighted by Crippen LogP contribution is -2.00. The summed E-state index contributed by atoms with van der Waals surface area (Å²) in [4.78, 5) is 15.6. The van der Waals surface area contributed by atoms with E-state index in [1.807, 2.05) is 12.1 Å². The van der Waals surface area contributed by atoms with Gasteiger partial charge in [-0.1, -0.05) is 140 Å². The number of para-hydroxylation sites is 2. The van der Waals surface area contributed by atoms with Crippen LogP contribution in [0, 0.1) is 0 Å². The van der Waals surface area contributed by atoms with Crippen molar-refractivity contribution in [2.75, 3.05) is 0 Å². The number of furan rings is 1. The van der Waals surface area contributed by atoms with E-state index < -0.39 is 0 Å². The lowest BCUT2D eigenvalue weighted by Gasteiger charge is -2.11. The fourth-order valence-corrected chi connectivity index (χ4v) is 8.52. The molecule has 260 valence electrons. The summed E-state index contributed by atoms with van der Waals surface area (Å²) in [5.41, 5.74) is 7.58. The molecule has 0 amide bonds. The third kappa shape index (κ3) is 4.71. The van der Waals surface area contributed by atoms with Crippen molar-refractivity contribution in [3.63, 3.8) is 0 Å². The third-order valence-electron chi connectivity index (χ3n) is 11.2. The zero-order chi connectivity index (χ0) is 36.7. The van der Waals surface area contributed by atoms with Crippen LogP contribution in [0.3, 0.4) is 0 Å². The molecule has 5 nitrogen and oxygen atoms in total. The highest BCUT2D eigenvalue weighted by molar-refractivity contribution is 6.17. The van der Waals surface area contributed by atoms with Gasteiger partial charge in [0, 0.05) is 38.2 Å². The maximum Gasteiger partial charge on any atom is 0.164 e. The molecule has 0 saturated heterocycles. The Morgan fingerprint density at radius 2 is 0.929 bits per heavy atom. The molecule has 0 atom stereocenters. The number of rotatable bonds is 4. The highest BCUT2D eigenvalue weighted by Gasteiger charge is 2.22. The van der Waals surface area contributed by atoms with Crippen LogP contribution in [-0.4, -0.2) is 19.5 Å². The molecule has 12 rings (SSSR count). The van der Waals surface area contributed by atoms with Gasteiger partial charge in [-0.3, -0.25) is 0 Å². The summed E-state index contributed by atoms with van der Waals surface area (Å²) in [6.07, 6.45) is 0. The predicted octanol–water partition coefficient (Wildman–Crippen LogP) is 13.3. The number of fused-ring (bicyclic) bond motifs is 9. The fourth-order valence-electron chi connectivity index (χ4n) is 8.52. The summed E-state index contributed by atoms with van der Waals surface area (Å²) in [5.74, 6) is 1.83. The number of benzene rings is 9. The lowest BCUT2D eigenvalue weighted by atomic mass is 10.0. The Morgan fingerprint density at radius 1 is 0.375 bits per heavy atom. The van der Waals surface area contributed by atoms with E-state index >= 15 is 0 Å². The summed E-state index contributed by atoms with van der Waals surface area (Å²) >= 11 is 0. The van der Waals surface area contributed by atoms with Crippen LogP contribution >= 0.6 is 0 Å². The van der Waals surface area contributed by atoms with Crippen LogP contribution in [-0.2, 0) is 0 Å². The van der Waals surface area contributed by atoms with Gasteiger partial charge in [0.2, 0.25) is 0 Å². The standard InChI is InChI=1S/C51H30N4O/c1-3-13-33-27-37(25-23-31(33)11-1)49-52-50(38-26-24-32-12-2-4-14-34(32)28-38)54-51(53-49)41-19-10-22-46-47(41)40-18-9-21-44(48(40)56-46)55-43-20-8-7-17-39(43)42-29-35-15-5-6-16-36(35)30-45(42)55/h1-30H. The van der Waals surface area contributed by atoms with Gasteiger partial charge in [0.15, 0.2) is 23.1 Å². The SMILES string of the molecule is c1ccc2cc(-c3nc(-c4ccc5ccccc5c4)nc(-c4cccc5oc6c(-n7c8ccccc8c8cc9ccccc9cc87)cccc6c45)n3)ccc2c1. The first-order chi connectivity index (χ1) is 27.7. The molecule has 12 aromatic rings. The second-order valence-electron chi connectivity index (χ2n) is 14.4. The first-order valence-corrected chi connectivity index (χ1v) is 18.8. The molecular weight excluding hydrogens is 685 g/mol. The van der Waals surface area contributed by atoms with Gasteiger partial charge in [0.1, 0.15) is 5.58 Å². The third-order valence-corrected chi connectivity index (χ3v) is 11.2. The van der Waals surface area contributed by atoms with Crippen molar-refractivity contribution in [3.05, 3.63) is 182 Å². The van der Waals surface area contributed by atoms with Gasteiger partial charge < -0.3 is 8.98 Å². The Morgan fingerprint density at radius 3 is 1.62 bits per heavy atom. The largest absolute Gasteiger partial charge is 0.454 e. The van der Waals surface area contributed by atoms with E-state index in [4.69, 9.17) is 19.4 Å². The molecule has 9 aromatic carbocycles. The minimum Gasteiger partial charge on any atom is -0.454 e. The fraction of sp³-hybridized carbons (Fsp3) is 0. The molecule has 0 aliphatic carbocycles. The van der Waals surface area contributed by atoms with Crippen LogP contribution in [0.2, 0.25) is 0 Å². The Kier molecular flexibility index (Phi) is 6.56. The van der Waals surface area contributed by atoms with Gasteiger partial charge in [0.05, 0.1) is 16.7 Å². The average molecular weight is 715 g/mol. The average Bonchev–Trinajstić information content (AvgIpc) is 3.81. The summed E-state index contributed by atoms with van der Waals surface area (Å²) in [6, 6.07) is 63.9. The first kappa shape index (κ1) is 30.8. The molecule has 5 heteroatoms. The summed E-state index contributed by atoms with van der Waals surface area (Å²) in [7, 11) is 0. The van der Waals surface area contributed by atoms with Crippen molar-refractivity contribution in [1.82, 2.24) is 19.5 Å². The van der Waals surface area contributed by atoms with Crippen LogP contribution < -0.4 is 0 Å². The number of nitrogens with zero attached hydrogens (tertiary/aromatic N) is 4. The highest BCUT2D eigenvalue weighted by atomic mass is 16.3. The van der Waals surface area contributed by atoms with Crippen molar-refractivity contribution < 1.29 is 4.42 Å². The van der Waals surface area contributed by atoms with E-state index in [0.29, 0.717) is 17.5 Å². The second kappa shape index (κ2) is 11.9. The van der Waals surface area contributed by atoms with Crippen LogP contribution in [0.4, 0.5) is 0 Å². The maximum atomic E-state index is 6.89. The molecule has 0 aliphatic heterocycles. The van der Waals surface area contributed by atoms with Gasteiger partial charge in [-0.25, -0.2) is 15.0 Å². The molecule has 0 radical (unpaired) electrons. The molecule has 56 heavy (non-hydrogen) atoms. The highest BCUT2D eigenvalue weighted by Crippen LogP contribution is 2.42. The molecular formula is C51H30N4O. The lowest BCUT2D eigenvalue weighted by molar-refractivity contribution is 0.666. The molecule has 3 heterocycles. The maximum absolute atomic E-state index is 6.89. The van der Waals surface area contributed by atoms with Crippen LogP contribution in [0.5, 0.6) is 0 Å². The normalized spacial score (nSPS) is 11.9. The number of hydrogen-bond donors (Lipinski definition) is 0. The van der Waals surface area contributed by atoms with E-state index in [1.165, 1.54) is 32.3 Å². The predicted molar refractivity (Wildman–Crippen MR) is 230 cm³/mol. The van der Waals surface area contributed by atoms with E-state index in [0.717, 1.165) is 66.1 Å². The molecule has 0 fully saturated rings. The quantitative estimate of drug-likeness (QED) is 0.182. The van der Waals surface area contributed by atoms with Gasteiger partial charge >= 0.3 is 0 Å². The molecule has 3 aromatic heterocycles. The summed E-state index contributed by atoms with van der Waals surface area (Å²) < 4.78 is 9.24. The Balaban J connectivity index is 1.11. The monoisotopic (exact) mass is 714 g/mol. The second-order valence-corrected chi connectivity index (χ2v) is 14.4. The molecule has 0 N–H and O–H groups in total. The minimum absolute atomic E-state index is 0.591. The van der Waals surface area contributed by atoms with E-state index in [1.54, 1.807) is 0 Å². The molecule has 0 spiro atoms. The van der Waals surface area contributed by atoms with Crippen LogP contribution in [0.1, 0.15) is 0 Å². The Labute approximate surface area is 320 Å². The summed E-state index contributed by atoms with van der Waals surface area (Å²) in [5, 5.41) is 11.4. The Hall–Kier alpha value is -7.63. The molecule has 0 aliphatic rings. The number of hydrogen-bond acceptors (Lipinski definition) is 4. The minimum atomic E-state index is 0.591. The number of aromatic nitrogens is 4. The van der Waals surface area contributed by atoms with Gasteiger partial charge in [-0.15, -0.1) is 0 Å². The smallest absolute Gasteiger partial charge is 0.164 e. The molecule has 0 bridgehead atoms. The van der Waals surface area contributed by atoms with E-state index in [2.05, 4.69) is 174 Å². The van der Waals surface area contributed by atoms with Crippen molar-refractivity contribution >= 4 is 76.1 Å². The van der Waals surface area contributed by atoms with Crippen molar-refractivity contribution in [2.45, 2.75) is 0 Å². The summed E-state index contributed by atoms with van der Waals surface area (Å²) in [6.45, 7) is 0. The zero-order valence-electron chi connectivity index (χ0n) is 30.0. The van der Waals surface area contributed by atoms with Gasteiger partial charge in [0.25, 0.3) is 0 Å². The molecule has 0 saturated carbocycles. The van der Waals surface area contributed by atoms with Crippen molar-refractivity contribution in [3.8, 4) is 39.9 Å². The van der Waals surface area contributed by atoms with Gasteiger partial charge in [-0.05, 0) is 74.8 Å². The van der Waals surface area contributed by atoms with Crippen LogP contribution in [0.15, 0.2) is 186 Å². The van der Waals surface area contributed by atoms with Gasteiger partial charge in [-0.2, -0.15) is 0 Å². The van der Waals surface area contributed by atoms with E-state index in [-0.39, 0.29) is 0 Å².